The van der Waals surface area contributed by atoms with Gasteiger partial charge in [-0.1, -0.05) is 24.3 Å². The average Bonchev–Trinajstić information content (AvgIpc) is 1.90. The Bertz CT molecular complexity index is 102. The van der Waals surface area contributed by atoms with Crippen LogP contribution in [0.25, 0.3) is 0 Å². The Kier molecular flexibility index (Phi) is 1.86. The molecule has 1 nitrogen and oxygen atoms in total. The van der Waals surface area contributed by atoms with E-state index in [1.54, 1.807) is 0 Å². The molecule has 0 aromatic heterocycles. The third-order valence-corrected chi connectivity index (χ3v) is 1.25. The fourth-order valence-corrected chi connectivity index (χ4v) is 0.771. The fourth-order valence-electron chi connectivity index (χ4n) is 0.771. The van der Waals surface area contributed by atoms with Gasteiger partial charge in [-0.3, -0.25) is 0 Å². The van der Waals surface area contributed by atoms with E-state index in [0.29, 0.717) is 0 Å². The van der Waals surface area contributed by atoms with E-state index in [4.69, 9.17) is 5.11 Å². The Morgan fingerprint density at radius 2 is 2.00 bits per heavy atom. The summed E-state index contributed by atoms with van der Waals surface area (Å²) in [6.45, 7) is 0.243. The van der Waals surface area contributed by atoms with E-state index in [-0.39, 0.29) is 12.5 Å². The van der Waals surface area contributed by atoms with Crippen LogP contribution in [0.3, 0.4) is 0 Å². The first-order valence-corrected chi connectivity index (χ1v) is 2.87. The Balaban J connectivity index is 2.42. The van der Waals surface area contributed by atoms with E-state index in [2.05, 4.69) is 12.2 Å². The predicted molar refractivity (Wildman–Crippen MR) is 33.5 cm³/mol. The number of aliphatic hydroxyl groups excluding tert-OH is 1. The van der Waals surface area contributed by atoms with Crippen LogP contribution in [-0.4, -0.2) is 11.7 Å². The average molecular weight is 110 g/mol. The molecular weight excluding hydrogens is 100 g/mol. The van der Waals surface area contributed by atoms with Crippen molar-refractivity contribution in [2.45, 2.75) is 6.42 Å². The fraction of sp³-hybridized carbons (Fsp3) is 0.429. The number of aliphatic hydroxyl groups is 1. The summed E-state index contributed by atoms with van der Waals surface area (Å²) in [5.74, 6) is 0.281. The van der Waals surface area contributed by atoms with Crippen LogP contribution in [0.2, 0.25) is 0 Å². The molecule has 0 bridgehead atoms. The molecule has 0 radical (unpaired) electrons. The molecule has 8 heavy (non-hydrogen) atoms. The zero-order valence-electron chi connectivity index (χ0n) is 4.75. The normalized spacial score (nSPS) is 19.6. The number of allylic oxidation sites excluding steroid dienone is 2. The van der Waals surface area contributed by atoms with E-state index in [9.17, 15) is 0 Å². The zero-order chi connectivity index (χ0) is 5.82. The Morgan fingerprint density at radius 3 is 2.38 bits per heavy atom. The van der Waals surface area contributed by atoms with Crippen molar-refractivity contribution in [3.63, 3.8) is 0 Å². The molecule has 0 heterocycles. The number of hydrogen-bond donors (Lipinski definition) is 1. The highest BCUT2D eigenvalue weighted by Gasteiger charge is 1.97. The monoisotopic (exact) mass is 110 g/mol. The van der Waals surface area contributed by atoms with Gasteiger partial charge in [0.1, 0.15) is 0 Å². The molecule has 0 unspecified atom stereocenters. The van der Waals surface area contributed by atoms with Crippen molar-refractivity contribution in [3.05, 3.63) is 24.3 Å². The lowest BCUT2D eigenvalue weighted by Gasteiger charge is -2.04. The molecule has 1 rings (SSSR count). The van der Waals surface area contributed by atoms with Crippen LogP contribution >= 0.6 is 0 Å². The second-order valence-electron chi connectivity index (χ2n) is 1.94. The quantitative estimate of drug-likeness (QED) is 0.501. The first-order chi connectivity index (χ1) is 3.93. The van der Waals surface area contributed by atoms with E-state index in [1.807, 2.05) is 12.2 Å². The van der Waals surface area contributed by atoms with E-state index in [1.165, 1.54) is 0 Å². The molecule has 0 aromatic carbocycles. The first kappa shape index (κ1) is 5.57. The lowest BCUT2D eigenvalue weighted by atomic mass is 10.1. The third-order valence-electron chi connectivity index (χ3n) is 1.25. The van der Waals surface area contributed by atoms with Crippen LogP contribution < -0.4 is 0 Å². The Morgan fingerprint density at radius 1 is 1.38 bits per heavy atom. The van der Waals surface area contributed by atoms with E-state index >= 15 is 0 Å². The van der Waals surface area contributed by atoms with Gasteiger partial charge in [0, 0.05) is 5.92 Å². The smallest absolute Gasteiger partial charge is 0.0528 e. The highest BCUT2D eigenvalue weighted by atomic mass is 16.3. The molecule has 0 fully saturated rings. The maximum atomic E-state index is 8.59. The van der Waals surface area contributed by atoms with Gasteiger partial charge in [-0.25, -0.2) is 0 Å². The molecule has 1 N–H and O–H groups in total. The lowest BCUT2D eigenvalue weighted by Crippen LogP contribution is -1.99. The Hall–Kier alpha value is -0.560. The highest BCUT2D eigenvalue weighted by molar-refractivity contribution is 5.08. The molecule has 1 aliphatic rings. The van der Waals surface area contributed by atoms with Gasteiger partial charge in [0.25, 0.3) is 0 Å². The summed E-state index contributed by atoms with van der Waals surface area (Å²) < 4.78 is 0. The van der Waals surface area contributed by atoms with Crippen LogP contribution in [0.4, 0.5) is 0 Å². The number of hydrogen-bond acceptors (Lipinski definition) is 1. The second-order valence-corrected chi connectivity index (χ2v) is 1.94. The first-order valence-electron chi connectivity index (χ1n) is 2.87. The minimum absolute atomic E-state index is 0.243. The topological polar surface area (TPSA) is 20.2 Å². The zero-order valence-corrected chi connectivity index (χ0v) is 4.75. The van der Waals surface area contributed by atoms with Gasteiger partial charge >= 0.3 is 0 Å². The molecule has 0 amide bonds. The molecule has 1 heteroatoms. The second kappa shape index (κ2) is 2.68. The summed E-state index contributed by atoms with van der Waals surface area (Å²) in [7, 11) is 0. The molecule has 0 atom stereocenters. The molecule has 0 saturated carbocycles. The van der Waals surface area contributed by atoms with Crippen LogP contribution in [0.15, 0.2) is 24.3 Å². The SMILES string of the molecule is OCC1C=CCC=C1. The Labute approximate surface area is 49.3 Å². The third kappa shape index (κ3) is 1.20. The summed E-state index contributed by atoms with van der Waals surface area (Å²) in [6, 6.07) is 0. The van der Waals surface area contributed by atoms with Gasteiger partial charge in [-0.2, -0.15) is 0 Å². The minimum atomic E-state index is 0.243. The molecule has 1 aliphatic carbocycles. The van der Waals surface area contributed by atoms with Crippen LogP contribution in [-0.2, 0) is 0 Å². The van der Waals surface area contributed by atoms with Crippen molar-refractivity contribution in [1.82, 2.24) is 0 Å². The largest absolute Gasteiger partial charge is 0.395 e. The van der Waals surface area contributed by atoms with Crippen molar-refractivity contribution in [1.29, 1.82) is 0 Å². The predicted octanol–water partition coefficient (Wildman–Crippen LogP) is 1.11. The van der Waals surface area contributed by atoms with Gasteiger partial charge in [-0.15, -0.1) is 0 Å². The van der Waals surface area contributed by atoms with Gasteiger partial charge in [0.15, 0.2) is 0 Å². The van der Waals surface area contributed by atoms with Crippen LogP contribution in [0.5, 0.6) is 0 Å². The molecule has 0 aliphatic heterocycles. The molecule has 0 saturated heterocycles. The lowest BCUT2D eigenvalue weighted by molar-refractivity contribution is 0.273. The summed E-state index contributed by atoms with van der Waals surface area (Å²) >= 11 is 0. The summed E-state index contributed by atoms with van der Waals surface area (Å²) in [6.07, 6.45) is 9.22. The number of rotatable bonds is 1. The standard InChI is InChI=1S/C7H10O/c8-6-7-4-2-1-3-5-7/h2-5,7-8H,1,6H2. The molecule has 0 spiro atoms. The van der Waals surface area contributed by atoms with Gasteiger partial charge in [-0.05, 0) is 6.42 Å². The maximum absolute atomic E-state index is 8.59. The van der Waals surface area contributed by atoms with Crippen molar-refractivity contribution < 1.29 is 5.11 Å². The van der Waals surface area contributed by atoms with Crippen molar-refractivity contribution in [2.24, 2.45) is 5.92 Å². The summed E-state index contributed by atoms with van der Waals surface area (Å²) in [5, 5.41) is 8.59. The summed E-state index contributed by atoms with van der Waals surface area (Å²) in [5.41, 5.74) is 0. The van der Waals surface area contributed by atoms with Gasteiger partial charge in [0.2, 0.25) is 0 Å². The molecule has 0 aromatic rings. The van der Waals surface area contributed by atoms with Crippen molar-refractivity contribution >= 4 is 0 Å². The molecular formula is C7H10O. The van der Waals surface area contributed by atoms with Crippen molar-refractivity contribution in [2.75, 3.05) is 6.61 Å². The van der Waals surface area contributed by atoms with Crippen molar-refractivity contribution in [3.8, 4) is 0 Å². The van der Waals surface area contributed by atoms with Gasteiger partial charge < -0.3 is 5.11 Å². The van der Waals surface area contributed by atoms with Crippen LogP contribution in [0.1, 0.15) is 6.42 Å². The molecule has 44 valence electrons. The van der Waals surface area contributed by atoms with E-state index < -0.39 is 0 Å². The summed E-state index contributed by atoms with van der Waals surface area (Å²) in [4.78, 5) is 0. The maximum Gasteiger partial charge on any atom is 0.0528 e. The van der Waals surface area contributed by atoms with Gasteiger partial charge in [0.05, 0.1) is 6.61 Å². The van der Waals surface area contributed by atoms with E-state index in [0.717, 1.165) is 6.42 Å². The minimum Gasteiger partial charge on any atom is -0.395 e. The highest BCUT2D eigenvalue weighted by Crippen LogP contribution is 2.06. The van der Waals surface area contributed by atoms with Crippen LogP contribution in [0, 0.1) is 5.92 Å².